The Morgan fingerprint density at radius 1 is 1.03 bits per heavy atom. The van der Waals surface area contributed by atoms with Gasteiger partial charge >= 0.3 is 5.97 Å². The van der Waals surface area contributed by atoms with Gasteiger partial charge < -0.3 is 9.30 Å². The maximum absolute atomic E-state index is 13.0. The first-order valence-corrected chi connectivity index (χ1v) is 8.53. The number of pyridine rings is 1. The molecule has 9 heteroatoms. The molecular formula is C20H14N4O5. The third-order valence-electron chi connectivity index (χ3n) is 4.43. The molecule has 2 aromatic rings. The summed E-state index contributed by atoms with van der Waals surface area (Å²) in [5.74, 6) is -0.649. The number of esters is 1. The van der Waals surface area contributed by atoms with Gasteiger partial charge in [-0.1, -0.05) is 18.2 Å². The van der Waals surface area contributed by atoms with Crippen LogP contribution in [-0.4, -0.2) is 32.3 Å². The fourth-order valence-corrected chi connectivity index (χ4v) is 3.01. The van der Waals surface area contributed by atoms with Crippen LogP contribution >= 0.6 is 0 Å². The maximum atomic E-state index is 13.0. The van der Waals surface area contributed by atoms with Crippen molar-refractivity contribution >= 4 is 11.7 Å². The number of aromatic nitrogens is 3. The summed E-state index contributed by atoms with van der Waals surface area (Å²) in [7, 11) is 1.24. The van der Waals surface area contributed by atoms with Gasteiger partial charge in [-0.05, 0) is 24.3 Å². The molecule has 0 aliphatic carbocycles. The molecule has 0 aromatic heterocycles. The predicted molar refractivity (Wildman–Crippen MR) is 104 cm³/mol. The zero-order valence-electron chi connectivity index (χ0n) is 15.2. The van der Waals surface area contributed by atoms with Gasteiger partial charge in [-0.2, -0.15) is 9.78 Å². The van der Waals surface area contributed by atoms with Gasteiger partial charge in [0.25, 0.3) is 11.2 Å². The zero-order chi connectivity index (χ0) is 20.5. The summed E-state index contributed by atoms with van der Waals surface area (Å²) in [4.78, 5) is 35.7. The lowest BCUT2D eigenvalue weighted by Crippen LogP contribution is -2.15. The topological polar surface area (TPSA) is 109 Å². The number of hydrogen-bond donors (Lipinski definition) is 0. The minimum absolute atomic E-state index is 0.0648. The first-order valence-electron chi connectivity index (χ1n) is 8.53. The summed E-state index contributed by atoms with van der Waals surface area (Å²) < 4.78 is 7.61. The maximum Gasteiger partial charge on any atom is 0.341 e. The molecule has 2 aliphatic heterocycles. The lowest BCUT2D eigenvalue weighted by molar-refractivity contribution is -0.384. The molecule has 29 heavy (non-hydrogen) atoms. The molecule has 0 N–H and O–H groups in total. The number of methoxy groups -OCH3 is 1. The Morgan fingerprint density at radius 3 is 2.34 bits per heavy atom. The number of carbonyl (C=O) groups is 1. The van der Waals surface area contributed by atoms with Gasteiger partial charge in [0.05, 0.1) is 23.3 Å². The molecule has 144 valence electrons. The van der Waals surface area contributed by atoms with Crippen molar-refractivity contribution in [3.63, 3.8) is 0 Å². The Bertz CT molecular complexity index is 1240. The number of nitro groups is 1. The van der Waals surface area contributed by atoms with E-state index in [-0.39, 0.29) is 22.5 Å². The van der Waals surface area contributed by atoms with E-state index in [2.05, 4.69) is 5.10 Å². The number of nitro benzene ring substituents is 1. The van der Waals surface area contributed by atoms with Crippen molar-refractivity contribution in [3.05, 3.63) is 93.0 Å². The molecule has 0 saturated heterocycles. The highest BCUT2D eigenvalue weighted by molar-refractivity contribution is 5.96. The van der Waals surface area contributed by atoms with Gasteiger partial charge in [0.2, 0.25) is 0 Å². The van der Waals surface area contributed by atoms with Crippen molar-refractivity contribution in [1.82, 2.24) is 14.3 Å². The van der Waals surface area contributed by atoms with E-state index in [4.69, 9.17) is 4.74 Å². The van der Waals surface area contributed by atoms with Crippen molar-refractivity contribution in [2.75, 3.05) is 7.11 Å². The van der Waals surface area contributed by atoms with E-state index in [0.717, 1.165) is 0 Å². The third kappa shape index (κ3) is 3.14. The number of fused-ring (bicyclic) bond motifs is 1. The standard InChI is InChI=1S/C20H14N4O5/c1-29-20(26)17-12-22(13-7-9-15(10-8-13)24(27)28)11-16-18(17)21-23(19(16)25)14-5-3-2-4-6-14/h2-12H,1H3. The molecule has 2 heterocycles. The molecule has 0 radical (unpaired) electrons. The average Bonchev–Trinajstić information content (AvgIpc) is 3.09. The highest BCUT2D eigenvalue weighted by atomic mass is 16.6. The van der Waals surface area contributed by atoms with E-state index >= 15 is 0 Å². The number of carbonyl (C=O) groups excluding carboxylic acids is 1. The van der Waals surface area contributed by atoms with Gasteiger partial charge in [0.15, 0.2) is 0 Å². The van der Waals surface area contributed by atoms with Crippen LogP contribution in [0.25, 0.3) is 22.6 Å². The van der Waals surface area contributed by atoms with E-state index in [1.54, 1.807) is 24.3 Å². The van der Waals surface area contributed by atoms with Crippen LogP contribution in [0, 0.1) is 10.1 Å². The van der Waals surface area contributed by atoms with E-state index in [1.165, 1.54) is 53.0 Å². The Hall–Kier alpha value is -4.27. The molecule has 0 amide bonds. The third-order valence-corrected chi connectivity index (χ3v) is 4.43. The van der Waals surface area contributed by atoms with Crippen LogP contribution < -0.4 is 5.56 Å². The molecule has 2 aromatic carbocycles. The summed E-state index contributed by atoms with van der Waals surface area (Å²) in [5.41, 5.74) is 1.17. The molecule has 9 nitrogen and oxygen atoms in total. The van der Waals surface area contributed by atoms with Crippen LogP contribution in [-0.2, 0) is 4.74 Å². The summed E-state index contributed by atoms with van der Waals surface area (Å²) in [6.45, 7) is 0. The van der Waals surface area contributed by atoms with Crippen molar-refractivity contribution in [2.45, 2.75) is 0 Å². The minimum Gasteiger partial charge on any atom is -0.465 e. The van der Waals surface area contributed by atoms with Crippen LogP contribution in [0.15, 0.2) is 71.8 Å². The van der Waals surface area contributed by atoms with Gasteiger partial charge in [-0.25, -0.2) is 4.79 Å². The molecule has 0 bridgehead atoms. The van der Waals surface area contributed by atoms with Crippen LogP contribution in [0.5, 0.6) is 0 Å². The second-order valence-corrected chi connectivity index (χ2v) is 6.16. The van der Waals surface area contributed by atoms with Crippen LogP contribution in [0.3, 0.4) is 0 Å². The van der Waals surface area contributed by atoms with Crippen LogP contribution in [0.2, 0.25) is 0 Å². The quantitative estimate of drug-likeness (QED) is 0.301. The average molecular weight is 390 g/mol. The van der Waals surface area contributed by atoms with Crippen molar-refractivity contribution in [2.24, 2.45) is 0 Å². The molecule has 0 spiro atoms. The minimum atomic E-state index is -0.649. The number of non-ortho nitro benzene ring substituents is 1. The van der Waals surface area contributed by atoms with Crippen LogP contribution in [0.4, 0.5) is 5.69 Å². The number of nitrogens with zero attached hydrogens (tertiary/aromatic N) is 4. The van der Waals surface area contributed by atoms with Crippen molar-refractivity contribution < 1.29 is 14.5 Å². The fraction of sp³-hybridized carbons (Fsp3) is 0.0500. The Labute approximate surface area is 163 Å². The second-order valence-electron chi connectivity index (χ2n) is 6.16. The normalized spacial score (nSPS) is 10.8. The van der Waals surface area contributed by atoms with Gasteiger partial charge in [0.1, 0.15) is 11.3 Å². The number of para-hydroxylation sites is 1. The molecule has 0 fully saturated rings. The summed E-state index contributed by atoms with van der Waals surface area (Å²) in [5, 5.41) is 15.2. The predicted octanol–water partition coefficient (Wildman–Crippen LogP) is 2.82. The van der Waals surface area contributed by atoms with E-state index in [1.807, 2.05) is 6.07 Å². The fourth-order valence-electron chi connectivity index (χ4n) is 3.01. The molecule has 0 atom stereocenters. The Balaban J connectivity index is 1.94. The largest absolute Gasteiger partial charge is 0.465 e. The lowest BCUT2D eigenvalue weighted by Gasteiger charge is -2.11. The van der Waals surface area contributed by atoms with Crippen molar-refractivity contribution in [3.8, 4) is 22.6 Å². The number of hydrogen-bond acceptors (Lipinski definition) is 6. The first-order chi connectivity index (χ1) is 14.0. The lowest BCUT2D eigenvalue weighted by atomic mass is 10.1. The SMILES string of the molecule is COC(=O)c1cn(-c2ccc([N+](=O)[O-])cc2)cc2c(=O)n(-c3ccccc3)nc1-2. The highest BCUT2D eigenvalue weighted by Crippen LogP contribution is 2.25. The second kappa shape index (κ2) is 7.04. The Kier molecular flexibility index (Phi) is 4.40. The van der Waals surface area contributed by atoms with Gasteiger partial charge in [0, 0.05) is 30.2 Å². The molecule has 2 aliphatic rings. The monoisotopic (exact) mass is 390 g/mol. The first kappa shape index (κ1) is 18.1. The van der Waals surface area contributed by atoms with E-state index in [0.29, 0.717) is 11.4 Å². The summed E-state index contributed by atoms with van der Waals surface area (Å²) >= 11 is 0. The number of benzene rings is 2. The molecule has 0 unspecified atom stereocenters. The molecule has 4 rings (SSSR count). The van der Waals surface area contributed by atoms with Gasteiger partial charge in [-0.3, -0.25) is 14.9 Å². The van der Waals surface area contributed by atoms with E-state index < -0.39 is 16.5 Å². The van der Waals surface area contributed by atoms with Crippen LogP contribution in [0.1, 0.15) is 10.4 Å². The Morgan fingerprint density at radius 2 is 1.72 bits per heavy atom. The van der Waals surface area contributed by atoms with Crippen molar-refractivity contribution in [1.29, 1.82) is 0 Å². The van der Waals surface area contributed by atoms with Gasteiger partial charge in [-0.15, -0.1) is 0 Å². The summed E-state index contributed by atoms with van der Waals surface area (Å²) in [6, 6.07) is 14.6. The summed E-state index contributed by atoms with van der Waals surface area (Å²) in [6.07, 6.45) is 3.02. The van der Waals surface area contributed by atoms with E-state index in [9.17, 15) is 19.7 Å². The number of ether oxygens (including phenoxy) is 1. The smallest absolute Gasteiger partial charge is 0.341 e. The molecular weight excluding hydrogens is 376 g/mol. The number of rotatable bonds is 4. The molecule has 0 saturated carbocycles. The zero-order valence-corrected chi connectivity index (χ0v) is 15.2. The highest BCUT2D eigenvalue weighted by Gasteiger charge is 2.25.